The lowest BCUT2D eigenvalue weighted by Crippen LogP contribution is -2.47. The molecular formula is C19H22ClFN2O4S. The standard InChI is InChI=1S/C19H22ClFN2O4S/c1-2-28(24,25)23-18-7-8-26-11-13(18)12-27-15-4-5-16(17(21)9-15)19-6-3-14(20)10-22-19/h3-6,9-10,13,18,23H,2,7-8,11-12H2,1H3/t13-,18+/m1/s1. The van der Waals surface area contributed by atoms with E-state index in [1.807, 2.05) is 0 Å². The van der Waals surface area contributed by atoms with Crippen molar-refractivity contribution in [3.8, 4) is 17.0 Å². The molecule has 1 aliphatic rings. The first-order valence-electron chi connectivity index (χ1n) is 9.00. The molecule has 1 aromatic heterocycles. The maximum Gasteiger partial charge on any atom is 0.211 e. The summed E-state index contributed by atoms with van der Waals surface area (Å²) in [6.07, 6.45) is 2.03. The van der Waals surface area contributed by atoms with E-state index in [0.29, 0.717) is 41.7 Å². The number of aromatic nitrogens is 1. The molecule has 1 fully saturated rings. The van der Waals surface area contributed by atoms with Gasteiger partial charge in [0, 0.05) is 36.4 Å². The van der Waals surface area contributed by atoms with Crippen LogP contribution in [0.25, 0.3) is 11.3 Å². The maximum atomic E-state index is 14.5. The van der Waals surface area contributed by atoms with Gasteiger partial charge in [0.15, 0.2) is 0 Å². The van der Waals surface area contributed by atoms with Crippen molar-refractivity contribution in [3.05, 3.63) is 47.4 Å². The van der Waals surface area contributed by atoms with E-state index >= 15 is 0 Å². The zero-order chi connectivity index (χ0) is 20.1. The number of pyridine rings is 1. The van der Waals surface area contributed by atoms with Crippen LogP contribution in [-0.4, -0.2) is 45.0 Å². The summed E-state index contributed by atoms with van der Waals surface area (Å²) in [5.41, 5.74) is 0.821. The van der Waals surface area contributed by atoms with Crippen LogP contribution in [0.1, 0.15) is 13.3 Å². The molecule has 2 heterocycles. The Kier molecular flexibility index (Phi) is 6.87. The number of rotatable bonds is 7. The molecule has 6 nitrogen and oxygen atoms in total. The van der Waals surface area contributed by atoms with Crippen molar-refractivity contribution >= 4 is 21.6 Å². The van der Waals surface area contributed by atoms with Crippen molar-refractivity contribution in [2.45, 2.75) is 19.4 Å². The molecule has 3 rings (SSSR count). The molecule has 0 bridgehead atoms. The minimum atomic E-state index is -3.32. The zero-order valence-corrected chi connectivity index (χ0v) is 17.0. The van der Waals surface area contributed by atoms with Gasteiger partial charge in [-0.15, -0.1) is 0 Å². The molecular weight excluding hydrogens is 407 g/mol. The summed E-state index contributed by atoms with van der Waals surface area (Å²) in [6, 6.07) is 7.57. The normalized spacial score (nSPS) is 20.1. The second kappa shape index (κ2) is 9.17. The molecule has 2 atom stereocenters. The van der Waals surface area contributed by atoms with Crippen LogP contribution in [0.5, 0.6) is 5.75 Å². The number of ether oxygens (including phenoxy) is 2. The largest absolute Gasteiger partial charge is 0.493 e. The van der Waals surface area contributed by atoms with Crippen molar-refractivity contribution in [1.29, 1.82) is 0 Å². The number of halogens is 2. The molecule has 9 heteroatoms. The molecule has 1 N–H and O–H groups in total. The van der Waals surface area contributed by atoms with Crippen molar-refractivity contribution in [2.75, 3.05) is 25.6 Å². The number of hydrogen-bond donors (Lipinski definition) is 1. The summed E-state index contributed by atoms with van der Waals surface area (Å²) in [7, 11) is -3.32. The lowest BCUT2D eigenvalue weighted by molar-refractivity contribution is 0.0186. The van der Waals surface area contributed by atoms with Gasteiger partial charge in [-0.25, -0.2) is 17.5 Å². The van der Waals surface area contributed by atoms with Gasteiger partial charge in [0.2, 0.25) is 10.0 Å². The van der Waals surface area contributed by atoms with Crippen molar-refractivity contribution in [1.82, 2.24) is 9.71 Å². The fourth-order valence-electron chi connectivity index (χ4n) is 2.96. The van der Waals surface area contributed by atoms with E-state index in [0.717, 1.165) is 0 Å². The van der Waals surface area contributed by atoms with Gasteiger partial charge in [-0.05, 0) is 37.6 Å². The van der Waals surface area contributed by atoms with Gasteiger partial charge in [0.05, 0.1) is 29.7 Å². The molecule has 0 saturated carbocycles. The van der Waals surface area contributed by atoms with Gasteiger partial charge in [-0.2, -0.15) is 0 Å². The minimum absolute atomic E-state index is 0.0172. The summed E-state index contributed by atoms with van der Waals surface area (Å²) in [5.74, 6) is -0.243. The van der Waals surface area contributed by atoms with Crippen LogP contribution in [0.15, 0.2) is 36.5 Å². The third-order valence-electron chi connectivity index (χ3n) is 4.59. The monoisotopic (exact) mass is 428 g/mol. The van der Waals surface area contributed by atoms with E-state index in [1.54, 1.807) is 31.2 Å². The van der Waals surface area contributed by atoms with E-state index in [9.17, 15) is 12.8 Å². The summed E-state index contributed by atoms with van der Waals surface area (Å²) in [5, 5.41) is 0.479. The number of hydrogen-bond acceptors (Lipinski definition) is 5. The molecule has 2 aromatic rings. The molecule has 152 valence electrons. The Morgan fingerprint density at radius 3 is 2.86 bits per heavy atom. The second-order valence-corrected chi connectivity index (χ2v) is 9.04. The summed E-state index contributed by atoms with van der Waals surface area (Å²) in [4.78, 5) is 4.12. The van der Waals surface area contributed by atoms with Crippen molar-refractivity contribution in [3.63, 3.8) is 0 Å². The Morgan fingerprint density at radius 1 is 1.36 bits per heavy atom. The molecule has 1 aliphatic heterocycles. The second-order valence-electron chi connectivity index (χ2n) is 6.57. The Balaban J connectivity index is 1.66. The van der Waals surface area contributed by atoms with Crippen LogP contribution in [0.4, 0.5) is 4.39 Å². The third-order valence-corrected chi connectivity index (χ3v) is 6.24. The lowest BCUT2D eigenvalue weighted by Gasteiger charge is -2.31. The highest BCUT2D eigenvalue weighted by molar-refractivity contribution is 7.89. The molecule has 0 amide bonds. The summed E-state index contributed by atoms with van der Waals surface area (Å²) >= 11 is 5.81. The Hall–Kier alpha value is -1.74. The highest BCUT2D eigenvalue weighted by Gasteiger charge is 2.29. The molecule has 28 heavy (non-hydrogen) atoms. The number of sulfonamides is 1. The predicted octanol–water partition coefficient (Wildman–Crippen LogP) is 3.26. The Labute approximate surface area is 169 Å². The first-order valence-corrected chi connectivity index (χ1v) is 11.0. The molecule has 0 radical (unpaired) electrons. The van der Waals surface area contributed by atoms with Crippen LogP contribution in [0.3, 0.4) is 0 Å². The fraction of sp³-hybridized carbons (Fsp3) is 0.421. The Bertz CT molecular complexity index is 909. The topological polar surface area (TPSA) is 77.5 Å². The predicted molar refractivity (Wildman–Crippen MR) is 105 cm³/mol. The first kappa shape index (κ1) is 21.0. The number of nitrogens with one attached hydrogen (secondary N) is 1. The van der Waals surface area contributed by atoms with E-state index in [4.69, 9.17) is 21.1 Å². The molecule has 0 unspecified atom stereocenters. The highest BCUT2D eigenvalue weighted by Crippen LogP contribution is 2.26. The minimum Gasteiger partial charge on any atom is -0.493 e. The zero-order valence-electron chi connectivity index (χ0n) is 15.4. The average Bonchev–Trinajstić information content (AvgIpc) is 2.68. The molecule has 0 spiro atoms. The summed E-state index contributed by atoms with van der Waals surface area (Å²) in [6.45, 7) is 2.68. The quantitative estimate of drug-likeness (QED) is 0.732. The fourth-order valence-corrected chi connectivity index (χ4v) is 4.01. The van der Waals surface area contributed by atoms with Crippen LogP contribution in [0, 0.1) is 11.7 Å². The Morgan fingerprint density at radius 2 is 2.18 bits per heavy atom. The van der Waals surface area contributed by atoms with Crippen LogP contribution in [0.2, 0.25) is 5.02 Å². The van der Waals surface area contributed by atoms with E-state index < -0.39 is 15.8 Å². The molecule has 1 aromatic carbocycles. The van der Waals surface area contributed by atoms with Crippen LogP contribution in [-0.2, 0) is 14.8 Å². The van der Waals surface area contributed by atoms with Crippen molar-refractivity contribution < 1.29 is 22.3 Å². The SMILES string of the molecule is CCS(=O)(=O)N[C@H]1CCOC[C@@H]1COc1ccc(-c2ccc(Cl)cn2)c(F)c1. The number of nitrogens with zero attached hydrogens (tertiary/aromatic N) is 1. The molecule has 0 aliphatic carbocycles. The van der Waals surface area contributed by atoms with Crippen molar-refractivity contribution in [2.24, 2.45) is 5.92 Å². The highest BCUT2D eigenvalue weighted by atomic mass is 35.5. The van der Waals surface area contributed by atoms with E-state index in [-0.39, 0.29) is 24.3 Å². The summed E-state index contributed by atoms with van der Waals surface area (Å²) < 4.78 is 52.1. The van der Waals surface area contributed by atoms with E-state index in [1.165, 1.54) is 12.3 Å². The first-order chi connectivity index (χ1) is 13.4. The third kappa shape index (κ3) is 5.41. The van der Waals surface area contributed by atoms with Gasteiger partial charge in [0.1, 0.15) is 11.6 Å². The average molecular weight is 429 g/mol. The van der Waals surface area contributed by atoms with Gasteiger partial charge >= 0.3 is 0 Å². The number of benzene rings is 1. The van der Waals surface area contributed by atoms with E-state index in [2.05, 4.69) is 9.71 Å². The van der Waals surface area contributed by atoms with Gasteiger partial charge in [-0.1, -0.05) is 11.6 Å². The lowest BCUT2D eigenvalue weighted by atomic mass is 9.98. The maximum absolute atomic E-state index is 14.5. The van der Waals surface area contributed by atoms with Gasteiger partial charge in [-0.3, -0.25) is 4.98 Å². The molecule has 1 saturated heterocycles. The van der Waals surface area contributed by atoms with Gasteiger partial charge in [0.25, 0.3) is 0 Å². The van der Waals surface area contributed by atoms with Crippen LogP contribution < -0.4 is 9.46 Å². The smallest absolute Gasteiger partial charge is 0.211 e. The van der Waals surface area contributed by atoms with Gasteiger partial charge < -0.3 is 9.47 Å². The van der Waals surface area contributed by atoms with Crippen LogP contribution >= 0.6 is 11.6 Å².